The van der Waals surface area contributed by atoms with E-state index in [1.807, 2.05) is 0 Å². The van der Waals surface area contributed by atoms with Crippen LogP contribution in [0.1, 0.15) is 25.0 Å². The van der Waals surface area contributed by atoms with Crippen LogP contribution in [0.2, 0.25) is 0 Å². The van der Waals surface area contributed by atoms with E-state index in [0.29, 0.717) is 13.0 Å². The highest BCUT2D eigenvalue weighted by Gasteiger charge is 2.34. The van der Waals surface area contributed by atoms with Gasteiger partial charge in [-0.25, -0.2) is 8.78 Å². The Labute approximate surface area is 104 Å². The first-order valence-corrected chi connectivity index (χ1v) is 5.87. The van der Waals surface area contributed by atoms with Gasteiger partial charge in [-0.05, 0) is 13.3 Å². The lowest BCUT2D eigenvalue weighted by atomic mass is 9.90. The molecule has 1 N–H and O–H groups in total. The zero-order chi connectivity index (χ0) is 13.3. The van der Waals surface area contributed by atoms with Gasteiger partial charge in [-0.1, -0.05) is 0 Å². The minimum absolute atomic E-state index is 0.0941. The van der Waals surface area contributed by atoms with Crippen molar-refractivity contribution in [2.75, 3.05) is 13.7 Å². The quantitative estimate of drug-likeness (QED) is 0.905. The third-order valence-electron chi connectivity index (χ3n) is 3.42. The second kappa shape index (κ2) is 5.20. The lowest BCUT2D eigenvalue weighted by Gasteiger charge is -2.22. The van der Waals surface area contributed by atoms with Crippen molar-refractivity contribution >= 4 is 0 Å². The largest absolute Gasteiger partial charge is 0.497 e. The Hall–Kier alpha value is -1.20. The third-order valence-corrected chi connectivity index (χ3v) is 3.42. The highest BCUT2D eigenvalue weighted by Crippen LogP contribution is 2.36. The molecule has 3 atom stereocenters. The molecule has 0 spiro atoms. The molecule has 1 aliphatic rings. The average Bonchev–Trinajstić information content (AvgIpc) is 2.74. The van der Waals surface area contributed by atoms with Gasteiger partial charge in [0.15, 0.2) is 0 Å². The number of rotatable bonds is 3. The van der Waals surface area contributed by atoms with Crippen molar-refractivity contribution < 1.29 is 23.4 Å². The van der Waals surface area contributed by atoms with Gasteiger partial charge in [-0.3, -0.25) is 0 Å². The molecule has 3 nitrogen and oxygen atoms in total. The number of halogens is 2. The number of benzene rings is 1. The molecule has 1 aliphatic heterocycles. The van der Waals surface area contributed by atoms with Gasteiger partial charge in [-0.2, -0.15) is 0 Å². The summed E-state index contributed by atoms with van der Waals surface area (Å²) in [5.74, 6) is -1.78. The summed E-state index contributed by atoms with van der Waals surface area (Å²) in [4.78, 5) is 0. The zero-order valence-electron chi connectivity index (χ0n) is 10.3. The summed E-state index contributed by atoms with van der Waals surface area (Å²) in [6.45, 7) is 2.29. The minimum Gasteiger partial charge on any atom is -0.497 e. The number of methoxy groups -OCH3 is 1. The summed E-state index contributed by atoms with van der Waals surface area (Å²) in [6, 6.07) is 2.14. The summed E-state index contributed by atoms with van der Waals surface area (Å²) in [6.07, 6.45) is -0.818. The van der Waals surface area contributed by atoms with Crippen LogP contribution in [-0.2, 0) is 4.74 Å². The van der Waals surface area contributed by atoms with E-state index in [2.05, 4.69) is 0 Å². The van der Waals surface area contributed by atoms with Crippen molar-refractivity contribution in [3.05, 3.63) is 29.3 Å². The van der Waals surface area contributed by atoms with Crippen molar-refractivity contribution in [1.82, 2.24) is 0 Å². The van der Waals surface area contributed by atoms with Gasteiger partial charge in [-0.15, -0.1) is 0 Å². The van der Waals surface area contributed by atoms with Crippen LogP contribution in [0.4, 0.5) is 8.78 Å². The van der Waals surface area contributed by atoms with E-state index in [0.717, 1.165) is 12.1 Å². The van der Waals surface area contributed by atoms with E-state index in [1.54, 1.807) is 6.92 Å². The molecule has 0 radical (unpaired) electrons. The van der Waals surface area contributed by atoms with Crippen molar-refractivity contribution in [2.45, 2.75) is 25.6 Å². The van der Waals surface area contributed by atoms with Gasteiger partial charge in [0, 0.05) is 24.7 Å². The van der Waals surface area contributed by atoms with E-state index in [1.165, 1.54) is 7.11 Å². The molecule has 0 aromatic heterocycles. The first-order chi connectivity index (χ1) is 8.54. The number of ether oxygens (including phenoxy) is 2. The fourth-order valence-electron chi connectivity index (χ4n) is 2.34. The van der Waals surface area contributed by atoms with Gasteiger partial charge < -0.3 is 14.6 Å². The van der Waals surface area contributed by atoms with E-state index in [-0.39, 0.29) is 23.3 Å². The molecule has 1 fully saturated rings. The number of hydrogen-bond acceptors (Lipinski definition) is 3. The monoisotopic (exact) mass is 258 g/mol. The summed E-state index contributed by atoms with van der Waals surface area (Å²) < 4.78 is 37.7. The van der Waals surface area contributed by atoms with Crippen molar-refractivity contribution in [3.8, 4) is 5.75 Å². The first kappa shape index (κ1) is 13.2. The summed E-state index contributed by atoms with van der Waals surface area (Å²) in [5.41, 5.74) is -0.307. The summed E-state index contributed by atoms with van der Waals surface area (Å²) in [5, 5.41) is 10.1. The molecule has 1 heterocycles. The van der Waals surface area contributed by atoms with Crippen molar-refractivity contribution in [2.24, 2.45) is 5.92 Å². The van der Waals surface area contributed by atoms with Crippen LogP contribution in [0.15, 0.2) is 12.1 Å². The highest BCUT2D eigenvalue weighted by atomic mass is 19.1. The third kappa shape index (κ3) is 2.33. The van der Waals surface area contributed by atoms with Crippen molar-refractivity contribution in [1.29, 1.82) is 0 Å². The van der Waals surface area contributed by atoms with Gasteiger partial charge in [0.25, 0.3) is 0 Å². The van der Waals surface area contributed by atoms with Gasteiger partial charge in [0.2, 0.25) is 0 Å². The van der Waals surface area contributed by atoms with Crippen LogP contribution in [0, 0.1) is 17.6 Å². The Kier molecular flexibility index (Phi) is 3.82. The second-order valence-electron chi connectivity index (χ2n) is 4.48. The minimum atomic E-state index is -1.20. The molecule has 0 aliphatic carbocycles. The van der Waals surface area contributed by atoms with Crippen LogP contribution in [0.3, 0.4) is 0 Å². The van der Waals surface area contributed by atoms with Crippen LogP contribution >= 0.6 is 0 Å². The predicted molar refractivity (Wildman–Crippen MR) is 61.4 cm³/mol. The van der Waals surface area contributed by atoms with Gasteiger partial charge >= 0.3 is 0 Å². The molecule has 1 aromatic carbocycles. The molecule has 2 rings (SSSR count). The second-order valence-corrected chi connectivity index (χ2v) is 4.48. The molecule has 5 heteroatoms. The molecule has 1 saturated heterocycles. The number of aliphatic hydroxyl groups is 1. The predicted octanol–water partition coefficient (Wildman–Crippen LogP) is 2.43. The van der Waals surface area contributed by atoms with Crippen LogP contribution < -0.4 is 4.74 Å². The first-order valence-electron chi connectivity index (χ1n) is 5.87. The van der Waals surface area contributed by atoms with Crippen LogP contribution in [-0.4, -0.2) is 24.9 Å². The van der Waals surface area contributed by atoms with E-state index in [9.17, 15) is 13.9 Å². The molecule has 0 amide bonds. The number of aliphatic hydroxyl groups excluding tert-OH is 1. The lowest BCUT2D eigenvalue weighted by molar-refractivity contribution is 0.0396. The van der Waals surface area contributed by atoms with E-state index in [4.69, 9.17) is 9.47 Å². The lowest BCUT2D eigenvalue weighted by Crippen LogP contribution is -2.21. The standard InChI is InChI=1S/C13H16F2O3/c1-7-9(3-4-18-7)13(16)12-10(14)5-8(17-2)6-11(12)15/h5-7,9,13,16H,3-4H2,1-2H3. The Bertz CT molecular complexity index is 413. The van der Waals surface area contributed by atoms with E-state index >= 15 is 0 Å². The maximum absolute atomic E-state index is 13.8. The summed E-state index contributed by atoms with van der Waals surface area (Å²) in [7, 11) is 1.33. The molecule has 1 aromatic rings. The fraction of sp³-hybridized carbons (Fsp3) is 0.538. The van der Waals surface area contributed by atoms with E-state index < -0.39 is 17.7 Å². The Balaban J connectivity index is 2.32. The molecule has 0 saturated carbocycles. The zero-order valence-corrected chi connectivity index (χ0v) is 10.3. The molecule has 18 heavy (non-hydrogen) atoms. The topological polar surface area (TPSA) is 38.7 Å². The van der Waals surface area contributed by atoms with Crippen LogP contribution in [0.5, 0.6) is 5.75 Å². The molecular weight excluding hydrogens is 242 g/mol. The molecule has 3 unspecified atom stereocenters. The Morgan fingerprint density at radius 1 is 1.39 bits per heavy atom. The Morgan fingerprint density at radius 3 is 2.44 bits per heavy atom. The maximum atomic E-state index is 13.8. The van der Waals surface area contributed by atoms with Gasteiger partial charge in [0.1, 0.15) is 17.4 Å². The van der Waals surface area contributed by atoms with Crippen LogP contribution in [0.25, 0.3) is 0 Å². The highest BCUT2D eigenvalue weighted by molar-refractivity contribution is 5.32. The number of hydrogen-bond donors (Lipinski definition) is 1. The normalized spacial score (nSPS) is 25.2. The molecule has 0 bridgehead atoms. The van der Waals surface area contributed by atoms with Crippen molar-refractivity contribution in [3.63, 3.8) is 0 Å². The molecular formula is C13H16F2O3. The SMILES string of the molecule is COc1cc(F)c(C(O)C2CCOC2C)c(F)c1. The maximum Gasteiger partial charge on any atom is 0.135 e. The fourth-order valence-corrected chi connectivity index (χ4v) is 2.34. The summed E-state index contributed by atoms with van der Waals surface area (Å²) >= 11 is 0. The molecule has 100 valence electrons. The Morgan fingerprint density at radius 2 is 2.00 bits per heavy atom. The average molecular weight is 258 g/mol. The van der Waals surface area contributed by atoms with Gasteiger partial charge in [0.05, 0.1) is 24.9 Å². The smallest absolute Gasteiger partial charge is 0.135 e.